The molecule has 0 saturated heterocycles. The van der Waals surface area contributed by atoms with E-state index in [1.54, 1.807) is 0 Å². The second-order valence-corrected chi connectivity index (χ2v) is 12.1. The van der Waals surface area contributed by atoms with Crippen LogP contribution >= 0.6 is 0 Å². The summed E-state index contributed by atoms with van der Waals surface area (Å²) in [6, 6.07) is 57.8. The van der Waals surface area contributed by atoms with Crippen LogP contribution in [0.3, 0.4) is 0 Å². The van der Waals surface area contributed by atoms with Crippen molar-refractivity contribution in [3.05, 3.63) is 164 Å². The first kappa shape index (κ1) is 26.0. The lowest BCUT2D eigenvalue weighted by Crippen LogP contribution is -2.09. The molecule has 0 saturated carbocycles. The zero-order valence-corrected chi connectivity index (χ0v) is 25.4. The number of para-hydroxylation sites is 4. The van der Waals surface area contributed by atoms with Crippen molar-refractivity contribution in [2.45, 2.75) is 0 Å². The Morgan fingerprint density at radius 3 is 1.64 bits per heavy atom. The molecule has 0 radical (unpaired) electrons. The van der Waals surface area contributed by atoms with Crippen LogP contribution in [0.4, 0.5) is 17.1 Å². The highest BCUT2D eigenvalue weighted by molar-refractivity contribution is 6.28. The van der Waals surface area contributed by atoms with Gasteiger partial charge >= 0.3 is 0 Å². The highest BCUT2D eigenvalue weighted by atomic mass is 16.3. The summed E-state index contributed by atoms with van der Waals surface area (Å²) < 4.78 is 13.0. The van der Waals surface area contributed by atoms with Crippen molar-refractivity contribution in [1.82, 2.24) is 0 Å². The fourth-order valence-corrected chi connectivity index (χ4v) is 7.27. The van der Waals surface area contributed by atoms with Crippen LogP contribution in [0.1, 0.15) is 0 Å². The Morgan fingerprint density at radius 2 is 0.936 bits per heavy atom. The summed E-state index contributed by atoms with van der Waals surface area (Å²) in [5.74, 6) is 0. The molecule has 0 N–H and O–H groups in total. The lowest BCUT2D eigenvalue weighted by Gasteiger charge is -2.25. The quantitative estimate of drug-likeness (QED) is 0.188. The normalized spacial score (nSPS) is 11.8. The molecule has 0 bridgehead atoms. The second-order valence-electron chi connectivity index (χ2n) is 12.1. The second kappa shape index (κ2) is 10.1. The van der Waals surface area contributed by atoms with E-state index in [1.807, 2.05) is 18.2 Å². The van der Waals surface area contributed by atoms with E-state index in [2.05, 4.69) is 150 Å². The van der Waals surface area contributed by atoms with Crippen LogP contribution in [0, 0.1) is 0 Å². The van der Waals surface area contributed by atoms with Gasteiger partial charge in [0.25, 0.3) is 0 Å². The molecule has 0 fully saturated rings. The van der Waals surface area contributed by atoms with Gasteiger partial charge in [-0.15, -0.1) is 0 Å². The molecule has 10 aromatic rings. The molecular weight excluding hydrogens is 574 g/mol. The average Bonchev–Trinajstić information content (AvgIpc) is 3.70. The van der Waals surface area contributed by atoms with Gasteiger partial charge in [0.15, 0.2) is 0 Å². The van der Waals surface area contributed by atoms with Crippen LogP contribution < -0.4 is 4.90 Å². The molecule has 0 aliphatic heterocycles. The van der Waals surface area contributed by atoms with Crippen LogP contribution in [0.25, 0.3) is 76.5 Å². The Bertz CT molecular complexity index is 2740. The fraction of sp³-hybridized carbons (Fsp3) is 0. The first-order chi connectivity index (χ1) is 23.3. The molecule has 0 atom stereocenters. The summed E-state index contributed by atoms with van der Waals surface area (Å²) in [6.45, 7) is 0. The number of hydrogen-bond acceptors (Lipinski definition) is 3. The Hall–Kier alpha value is -6.32. The molecule has 47 heavy (non-hydrogen) atoms. The molecule has 3 heteroatoms. The van der Waals surface area contributed by atoms with Crippen molar-refractivity contribution in [2.24, 2.45) is 0 Å². The topological polar surface area (TPSA) is 29.5 Å². The van der Waals surface area contributed by atoms with Gasteiger partial charge in [-0.2, -0.15) is 0 Å². The average molecular weight is 602 g/mol. The molecule has 220 valence electrons. The van der Waals surface area contributed by atoms with Gasteiger partial charge in [-0.1, -0.05) is 91.0 Å². The van der Waals surface area contributed by atoms with Crippen LogP contribution in [-0.2, 0) is 0 Å². The number of fused-ring (bicyclic) bond motifs is 10. The fourth-order valence-electron chi connectivity index (χ4n) is 7.27. The van der Waals surface area contributed by atoms with Gasteiger partial charge in [0.2, 0.25) is 0 Å². The summed E-state index contributed by atoms with van der Waals surface area (Å²) in [7, 11) is 0. The smallest absolute Gasteiger partial charge is 0.143 e. The van der Waals surface area contributed by atoms with E-state index in [4.69, 9.17) is 8.83 Å². The third-order valence-corrected chi connectivity index (χ3v) is 9.42. The van der Waals surface area contributed by atoms with Gasteiger partial charge in [0.1, 0.15) is 22.3 Å². The summed E-state index contributed by atoms with van der Waals surface area (Å²) in [5, 5.41) is 9.04. The lowest BCUT2D eigenvalue weighted by molar-refractivity contribution is 0.669. The molecule has 2 aromatic heterocycles. The number of nitrogens with zero attached hydrogens (tertiary/aromatic N) is 1. The van der Waals surface area contributed by atoms with Crippen molar-refractivity contribution in [3.8, 4) is 11.1 Å². The zero-order chi connectivity index (χ0) is 30.9. The van der Waals surface area contributed by atoms with E-state index in [0.717, 1.165) is 93.6 Å². The third-order valence-electron chi connectivity index (χ3n) is 9.42. The zero-order valence-electron chi connectivity index (χ0n) is 25.4. The Labute approximate surface area is 270 Å². The van der Waals surface area contributed by atoms with Crippen LogP contribution in [0.2, 0.25) is 0 Å². The summed E-state index contributed by atoms with van der Waals surface area (Å²) in [4.78, 5) is 2.29. The molecular formula is C44H27NO2. The van der Waals surface area contributed by atoms with Crippen LogP contribution in [-0.4, -0.2) is 0 Å². The van der Waals surface area contributed by atoms with E-state index < -0.39 is 0 Å². The highest BCUT2D eigenvalue weighted by Gasteiger charge is 2.19. The van der Waals surface area contributed by atoms with Gasteiger partial charge in [-0.3, -0.25) is 0 Å². The van der Waals surface area contributed by atoms with Crippen molar-refractivity contribution in [3.63, 3.8) is 0 Å². The molecule has 0 aliphatic rings. The van der Waals surface area contributed by atoms with E-state index in [1.165, 1.54) is 0 Å². The molecule has 2 heterocycles. The maximum absolute atomic E-state index is 6.66. The molecule has 3 nitrogen and oxygen atoms in total. The van der Waals surface area contributed by atoms with Gasteiger partial charge < -0.3 is 13.7 Å². The predicted molar refractivity (Wildman–Crippen MR) is 196 cm³/mol. The molecule has 0 aliphatic carbocycles. The minimum atomic E-state index is 0.887. The van der Waals surface area contributed by atoms with Gasteiger partial charge in [0, 0.05) is 44.0 Å². The van der Waals surface area contributed by atoms with Crippen molar-refractivity contribution < 1.29 is 8.83 Å². The van der Waals surface area contributed by atoms with E-state index in [9.17, 15) is 0 Å². The molecule has 0 unspecified atom stereocenters. The van der Waals surface area contributed by atoms with E-state index in [0.29, 0.717) is 0 Å². The molecule has 0 amide bonds. The highest BCUT2D eigenvalue weighted by Crippen LogP contribution is 2.44. The molecule has 8 aromatic carbocycles. The van der Waals surface area contributed by atoms with Crippen LogP contribution in [0.15, 0.2) is 173 Å². The van der Waals surface area contributed by atoms with Crippen molar-refractivity contribution in [2.75, 3.05) is 4.90 Å². The lowest BCUT2D eigenvalue weighted by atomic mass is 9.91. The van der Waals surface area contributed by atoms with Crippen molar-refractivity contribution >= 4 is 82.5 Å². The molecule has 0 spiro atoms. The third kappa shape index (κ3) is 4.00. The van der Waals surface area contributed by atoms with Gasteiger partial charge in [-0.25, -0.2) is 0 Å². The SMILES string of the molecule is c1ccc(N(c2ccccc2)c2ccc(-c3cc4cc5oc6ccccc6c5cc4c4c3ccc3c5ccccc5oc34)cc2)cc1. The maximum Gasteiger partial charge on any atom is 0.143 e. The summed E-state index contributed by atoms with van der Waals surface area (Å²) >= 11 is 0. The summed E-state index contributed by atoms with van der Waals surface area (Å²) in [6.07, 6.45) is 0. The van der Waals surface area contributed by atoms with Gasteiger partial charge in [0.05, 0.1) is 0 Å². The monoisotopic (exact) mass is 601 g/mol. The minimum Gasteiger partial charge on any atom is -0.456 e. The van der Waals surface area contributed by atoms with Gasteiger partial charge in [-0.05, 0) is 100 Å². The number of rotatable bonds is 4. The first-order valence-corrected chi connectivity index (χ1v) is 15.9. The Balaban J connectivity index is 1.23. The van der Waals surface area contributed by atoms with E-state index in [-0.39, 0.29) is 0 Å². The summed E-state index contributed by atoms with van der Waals surface area (Å²) in [5.41, 5.74) is 9.22. The number of benzene rings is 8. The van der Waals surface area contributed by atoms with Crippen LogP contribution in [0.5, 0.6) is 0 Å². The predicted octanol–water partition coefficient (Wildman–Crippen LogP) is 12.9. The Kier molecular flexibility index (Phi) is 5.57. The Morgan fingerprint density at radius 1 is 0.362 bits per heavy atom. The number of furan rings is 2. The first-order valence-electron chi connectivity index (χ1n) is 15.9. The standard InChI is InChI=1S/C44H27NO2/c1-3-11-30(12-4-1)45(31-13-5-2-6-14-31)32-21-19-28(20-22-32)37-25-29-26-42-39(34-16-8-9-17-40(34)46-42)27-38(29)43-35(37)23-24-36-33-15-7-10-18-41(33)47-44(36)43/h1-27H. The minimum absolute atomic E-state index is 0.887. The van der Waals surface area contributed by atoms with E-state index >= 15 is 0 Å². The number of hydrogen-bond donors (Lipinski definition) is 0. The van der Waals surface area contributed by atoms with Crippen molar-refractivity contribution in [1.29, 1.82) is 0 Å². The maximum atomic E-state index is 6.66. The molecule has 10 rings (SSSR count). The number of anilines is 3. The largest absolute Gasteiger partial charge is 0.456 e.